The molecule has 3 aromatic rings. The summed E-state index contributed by atoms with van der Waals surface area (Å²) < 4.78 is 40.8. The Bertz CT molecular complexity index is 1210. The number of rotatable bonds is 6. The summed E-state index contributed by atoms with van der Waals surface area (Å²) in [6.07, 6.45) is 1.62. The number of pyridine rings is 1. The van der Waals surface area contributed by atoms with Crippen LogP contribution in [-0.2, 0) is 14.9 Å². The summed E-state index contributed by atoms with van der Waals surface area (Å²) in [5, 5.41) is 1.96. The molecule has 166 valence electrons. The van der Waals surface area contributed by atoms with Gasteiger partial charge in [-0.3, -0.25) is 4.72 Å². The topological polar surface area (TPSA) is 110 Å². The molecule has 0 aromatic carbocycles. The fourth-order valence-electron chi connectivity index (χ4n) is 3.03. The number of hydrogen-bond acceptors (Lipinski definition) is 9. The molecule has 0 saturated carbocycles. The van der Waals surface area contributed by atoms with Crippen LogP contribution in [0.5, 0.6) is 5.88 Å². The van der Waals surface area contributed by atoms with Crippen LogP contribution in [0.1, 0.15) is 0 Å². The molecule has 4 heterocycles. The maximum atomic E-state index is 12.4. The highest BCUT2D eigenvalue weighted by atomic mass is 79.9. The van der Waals surface area contributed by atoms with Crippen molar-refractivity contribution >= 4 is 59.3 Å². The first-order chi connectivity index (χ1) is 14.8. The van der Waals surface area contributed by atoms with E-state index in [0.717, 1.165) is 19.0 Å². The quantitative estimate of drug-likeness (QED) is 0.519. The van der Waals surface area contributed by atoms with E-state index in [9.17, 15) is 8.42 Å². The van der Waals surface area contributed by atoms with E-state index in [1.165, 1.54) is 32.5 Å². The molecule has 0 unspecified atom stereocenters. The van der Waals surface area contributed by atoms with Gasteiger partial charge in [0.05, 0.1) is 35.2 Å². The third-order valence-electron chi connectivity index (χ3n) is 4.69. The molecule has 0 atom stereocenters. The summed E-state index contributed by atoms with van der Waals surface area (Å²) in [4.78, 5) is 15.9. The Balaban J connectivity index is 1.85. The number of methoxy groups -OCH3 is 1. The van der Waals surface area contributed by atoms with Crippen molar-refractivity contribution in [2.75, 3.05) is 57.1 Å². The third-order valence-corrected chi connectivity index (χ3v) is 8.01. The zero-order valence-corrected chi connectivity index (χ0v) is 20.3. The Labute approximate surface area is 192 Å². The van der Waals surface area contributed by atoms with Gasteiger partial charge in [0.25, 0.3) is 0 Å². The highest BCUT2D eigenvalue weighted by Crippen LogP contribution is 2.38. The largest absolute Gasteiger partial charge is 0.479 e. The normalized spacial score (nSPS) is 14.9. The average molecular weight is 529 g/mol. The molecule has 1 saturated heterocycles. The smallest absolute Gasteiger partial charge is 0.301 e. The second-order valence-corrected chi connectivity index (χ2v) is 10.5. The molecule has 3 aromatic heterocycles. The number of nitrogens with one attached hydrogen (secondary N) is 1. The number of halogens is 1. The molecule has 0 aliphatic carbocycles. The molecule has 31 heavy (non-hydrogen) atoms. The monoisotopic (exact) mass is 528 g/mol. The van der Waals surface area contributed by atoms with Crippen LogP contribution >= 0.6 is 27.3 Å². The Morgan fingerprint density at radius 2 is 2.03 bits per heavy atom. The Morgan fingerprint density at radius 1 is 1.29 bits per heavy atom. The van der Waals surface area contributed by atoms with Gasteiger partial charge in [-0.15, -0.1) is 11.3 Å². The minimum absolute atomic E-state index is 0.167. The zero-order chi connectivity index (χ0) is 22.2. The van der Waals surface area contributed by atoms with Gasteiger partial charge in [-0.1, -0.05) is 0 Å². The number of ether oxygens (including phenoxy) is 2. The molecule has 1 aliphatic rings. The van der Waals surface area contributed by atoms with Gasteiger partial charge in [-0.25, -0.2) is 15.0 Å². The van der Waals surface area contributed by atoms with Gasteiger partial charge in [-0.05, 0) is 22.0 Å². The van der Waals surface area contributed by atoms with Gasteiger partial charge >= 0.3 is 10.2 Å². The maximum absolute atomic E-state index is 12.4. The molecule has 1 N–H and O–H groups in total. The minimum atomic E-state index is -3.74. The van der Waals surface area contributed by atoms with E-state index in [-0.39, 0.29) is 11.6 Å². The van der Waals surface area contributed by atoms with E-state index in [1.807, 2.05) is 5.38 Å². The summed E-state index contributed by atoms with van der Waals surface area (Å²) in [5.41, 5.74) is 2.34. The first-order valence-electron chi connectivity index (χ1n) is 9.32. The van der Waals surface area contributed by atoms with Crippen LogP contribution in [0.15, 0.2) is 22.1 Å². The van der Waals surface area contributed by atoms with E-state index >= 15 is 0 Å². The molecular formula is C18H21BrN6O4S2. The number of anilines is 2. The van der Waals surface area contributed by atoms with Crippen LogP contribution in [0.25, 0.3) is 21.5 Å². The number of morpholine rings is 1. The predicted molar refractivity (Wildman–Crippen MR) is 124 cm³/mol. The maximum Gasteiger partial charge on any atom is 0.301 e. The second kappa shape index (κ2) is 8.82. The van der Waals surface area contributed by atoms with Gasteiger partial charge in [0, 0.05) is 44.3 Å². The number of nitrogens with zero attached hydrogens (tertiary/aromatic N) is 5. The fourth-order valence-corrected chi connectivity index (χ4v) is 5.21. The molecule has 1 fully saturated rings. The van der Waals surface area contributed by atoms with Crippen LogP contribution < -0.4 is 14.4 Å². The van der Waals surface area contributed by atoms with Gasteiger partial charge in [0.2, 0.25) is 11.8 Å². The summed E-state index contributed by atoms with van der Waals surface area (Å²) in [7, 11) is 0.577. The van der Waals surface area contributed by atoms with E-state index < -0.39 is 10.2 Å². The minimum Gasteiger partial charge on any atom is -0.479 e. The van der Waals surface area contributed by atoms with Crippen molar-refractivity contribution in [2.24, 2.45) is 0 Å². The average Bonchev–Trinajstić information content (AvgIpc) is 3.14. The summed E-state index contributed by atoms with van der Waals surface area (Å²) in [6, 6.07) is 1.67. The molecule has 1 aliphatic heterocycles. The molecular weight excluding hydrogens is 508 g/mol. The van der Waals surface area contributed by atoms with E-state index in [4.69, 9.17) is 19.4 Å². The molecule has 10 nitrogen and oxygen atoms in total. The second-order valence-electron chi connectivity index (χ2n) is 6.90. The van der Waals surface area contributed by atoms with E-state index in [0.29, 0.717) is 43.5 Å². The van der Waals surface area contributed by atoms with Crippen LogP contribution in [-0.4, -0.2) is 75.2 Å². The molecule has 0 spiro atoms. The lowest BCUT2D eigenvalue weighted by Crippen LogP contribution is -2.37. The van der Waals surface area contributed by atoms with Crippen molar-refractivity contribution < 1.29 is 17.9 Å². The van der Waals surface area contributed by atoms with Crippen LogP contribution in [0.2, 0.25) is 0 Å². The Morgan fingerprint density at radius 3 is 2.71 bits per heavy atom. The van der Waals surface area contributed by atoms with Crippen molar-refractivity contribution in [3.63, 3.8) is 0 Å². The lowest BCUT2D eigenvalue weighted by molar-refractivity contribution is 0.122. The molecule has 4 rings (SSSR count). The van der Waals surface area contributed by atoms with Crippen LogP contribution in [0, 0.1) is 0 Å². The Kier molecular flexibility index (Phi) is 6.30. The Hall–Kier alpha value is -2.06. The van der Waals surface area contributed by atoms with Crippen molar-refractivity contribution in [1.29, 1.82) is 0 Å². The summed E-state index contributed by atoms with van der Waals surface area (Å²) in [6.45, 7) is 2.62. The zero-order valence-electron chi connectivity index (χ0n) is 17.1. The molecule has 0 radical (unpaired) electrons. The third kappa shape index (κ3) is 4.46. The van der Waals surface area contributed by atoms with Crippen molar-refractivity contribution in [3.05, 3.63) is 22.1 Å². The lowest BCUT2D eigenvalue weighted by Gasteiger charge is -2.27. The first-order valence-corrected chi connectivity index (χ1v) is 12.4. The van der Waals surface area contributed by atoms with E-state index in [1.54, 1.807) is 12.3 Å². The standard InChI is InChI=1S/C18H21BrN6O4S2/c1-24(2)31(26,27)23-13-8-11(9-20-17(13)28-3)14-16-15(12(19)10-30-16)22-18(21-14)25-4-6-29-7-5-25/h8-10,23H,4-7H2,1-3H3. The molecule has 0 bridgehead atoms. The predicted octanol–water partition coefficient (Wildman–Crippen LogP) is 2.58. The van der Waals surface area contributed by atoms with Gasteiger partial charge in [0.15, 0.2) is 0 Å². The van der Waals surface area contributed by atoms with Gasteiger partial charge in [0.1, 0.15) is 11.2 Å². The SMILES string of the molecule is COc1ncc(-c2nc(N3CCOCC3)nc3c(Br)csc23)cc1NS(=O)(=O)N(C)C. The van der Waals surface area contributed by atoms with Gasteiger partial charge in [-0.2, -0.15) is 12.7 Å². The number of thiophene rings is 1. The highest BCUT2D eigenvalue weighted by Gasteiger charge is 2.22. The molecule has 0 amide bonds. The lowest BCUT2D eigenvalue weighted by atomic mass is 10.2. The van der Waals surface area contributed by atoms with Crippen molar-refractivity contribution in [2.45, 2.75) is 0 Å². The number of aromatic nitrogens is 3. The molecule has 13 heteroatoms. The van der Waals surface area contributed by atoms with E-state index in [2.05, 4.69) is 30.5 Å². The van der Waals surface area contributed by atoms with Crippen molar-refractivity contribution in [1.82, 2.24) is 19.3 Å². The van der Waals surface area contributed by atoms with Crippen LogP contribution in [0.4, 0.5) is 11.6 Å². The van der Waals surface area contributed by atoms with Crippen molar-refractivity contribution in [3.8, 4) is 17.1 Å². The first kappa shape index (κ1) is 22.1. The summed E-state index contributed by atoms with van der Waals surface area (Å²) >= 11 is 5.07. The van der Waals surface area contributed by atoms with Gasteiger partial charge < -0.3 is 14.4 Å². The number of hydrogen-bond donors (Lipinski definition) is 1. The number of fused-ring (bicyclic) bond motifs is 1. The highest BCUT2D eigenvalue weighted by molar-refractivity contribution is 9.10. The summed E-state index contributed by atoms with van der Waals surface area (Å²) in [5.74, 6) is 0.761. The van der Waals surface area contributed by atoms with Crippen LogP contribution in [0.3, 0.4) is 0 Å². The fraction of sp³-hybridized carbons (Fsp3) is 0.389.